The average molecular weight is 428 g/mol. The molecule has 7 heteroatoms. The monoisotopic (exact) mass is 427 g/mol. The maximum atomic E-state index is 11.4. The van der Waals surface area contributed by atoms with Gasteiger partial charge in [0.1, 0.15) is 5.75 Å². The highest BCUT2D eigenvalue weighted by Gasteiger charge is 2.13. The molecule has 0 aliphatic carbocycles. The van der Waals surface area contributed by atoms with Crippen molar-refractivity contribution >= 4 is 17.3 Å². The molecule has 7 nitrogen and oxygen atoms in total. The molecule has 0 bridgehead atoms. The molecule has 2 heterocycles. The summed E-state index contributed by atoms with van der Waals surface area (Å²) in [7, 11) is 1.58. The summed E-state index contributed by atoms with van der Waals surface area (Å²) in [6, 6.07) is 19.8. The quantitative estimate of drug-likeness (QED) is 0.430. The largest absolute Gasteiger partial charge is 0.494 e. The fourth-order valence-corrected chi connectivity index (χ4v) is 3.48. The number of carbonyl (C=O) groups is 1. The zero-order valence-corrected chi connectivity index (χ0v) is 18.1. The highest BCUT2D eigenvalue weighted by atomic mass is 16.5. The van der Waals surface area contributed by atoms with Crippen molar-refractivity contribution in [2.45, 2.75) is 20.0 Å². The number of methoxy groups -OCH3 is 1. The number of nitrogens with one attached hydrogen (secondary N) is 2. The van der Waals surface area contributed by atoms with E-state index in [1.165, 1.54) is 12.5 Å². The minimum atomic E-state index is -0.143. The Morgan fingerprint density at radius 2 is 1.94 bits per heavy atom. The Hall–Kier alpha value is -4.13. The zero-order valence-electron chi connectivity index (χ0n) is 18.1. The van der Waals surface area contributed by atoms with E-state index in [0.29, 0.717) is 24.5 Å². The number of carbonyl (C=O) groups excluding carboxylic acids is 1. The van der Waals surface area contributed by atoms with E-state index < -0.39 is 0 Å². The Kier molecular flexibility index (Phi) is 6.46. The molecular formula is C25H25N5O2. The van der Waals surface area contributed by atoms with Crippen LogP contribution in [0.4, 0.5) is 11.4 Å². The van der Waals surface area contributed by atoms with Crippen molar-refractivity contribution in [2.24, 2.45) is 0 Å². The number of nitrogens with zero attached hydrogens (tertiary/aromatic N) is 3. The molecule has 0 saturated carbocycles. The van der Waals surface area contributed by atoms with Gasteiger partial charge in [0.15, 0.2) is 0 Å². The first-order chi connectivity index (χ1) is 15.6. The van der Waals surface area contributed by atoms with Gasteiger partial charge in [0.05, 0.1) is 25.0 Å². The van der Waals surface area contributed by atoms with Crippen LogP contribution in [0, 0.1) is 0 Å². The van der Waals surface area contributed by atoms with Crippen LogP contribution < -0.4 is 15.4 Å². The third-order valence-electron chi connectivity index (χ3n) is 4.96. The molecule has 2 aromatic heterocycles. The van der Waals surface area contributed by atoms with Crippen LogP contribution in [0.3, 0.4) is 0 Å². The van der Waals surface area contributed by atoms with Gasteiger partial charge in [0, 0.05) is 54.9 Å². The lowest BCUT2D eigenvalue weighted by Crippen LogP contribution is -2.07. The predicted molar refractivity (Wildman–Crippen MR) is 126 cm³/mol. The number of ether oxygens (including phenoxy) is 1. The topological polar surface area (TPSA) is 81.1 Å². The van der Waals surface area contributed by atoms with E-state index in [-0.39, 0.29) is 5.91 Å². The second-order valence-electron chi connectivity index (χ2n) is 7.38. The maximum absolute atomic E-state index is 11.4. The Bertz CT molecular complexity index is 1190. The molecule has 0 fully saturated rings. The molecule has 0 spiro atoms. The lowest BCUT2D eigenvalue weighted by atomic mass is 10.1. The van der Waals surface area contributed by atoms with Crippen LogP contribution in [0.25, 0.3) is 11.3 Å². The molecule has 2 aromatic carbocycles. The Morgan fingerprint density at radius 1 is 1.09 bits per heavy atom. The summed E-state index contributed by atoms with van der Waals surface area (Å²) in [5.41, 5.74) is 5.61. The average Bonchev–Trinajstić information content (AvgIpc) is 3.22. The normalized spacial score (nSPS) is 10.6. The van der Waals surface area contributed by atoms with Crippen molar-refractivity contribution in [1.82, 2.24) is 14.8 Å². The van der Waals surface area contributed by atoms with Crippen molar-refractivity contribution in [1.29, 1.82) is 0 Å². The fraction of sp³-hybridized carbons (Fsp3) is 0.160. The molecule has 0 aliphatic rings. The van der Waals surface area contributed by atoms with Crippen LogP contribution in [0.1, 0.15) is 18.1 Å². The summed E-state index contributed by atoms with van der Waals surface area (Å²) >= 11 is 0. The number of rotatable bonds is 8. The van der Waals surface area contributed by atoms with Gasteiger partial charge in [-0.1, -0.05) is 30.3 Å². The number of hydrogen-bond donors (Lipinski definition) is 2. The Labute approximate surface area is 187 Å². The predicted octanol–water partition coefficient (Wildman–Crippen LogP) is 4.57. The molecule has 0 atom stereocenters. The van der Waals surface area contributed by atoms with Gasteiger partial charge < -0.3 is 15.4 Å². The summed E-state index contributed by atoms with van der Waals surface area (Å²) in [6.07, 6.45) is 5.64. The van der Waals surface area contributed by atoms with E-state index in [9.17, 15) is 4.79 Å². The highest BCUT2D eigenvalue weighted by Crippen LogP contribution is 2.29. The minimum Gasteiger partial charge on any atom is -0.494 e. The number of anilines is 2. The first-order valence-electron chi connectivity index (χ1n) is 10.3. The van der Waals surface area contributed by atoms with Crippen LogP contribution in [-0.2, 0) is 17.9 Å². The van der Waals surface area contributed by atoms with E-state index in [2.05, 4.69) is 33.9 Å². The van der Waals surface area contributed by atoms with Gasteiger partial charge >= 0.3 is 0 Å². The van der Waals surface area contributed by atoms with Crippen molar-refractivity contribution in [3.8, 4) is 17.0 Å². The molecule has 0 radical (unpaired) electrons. The van der Waals surface area contributed by atoms with E-state index in [1.807, 2.05) is 59.4 Å². The van der Waals surface area contributed by atoms with Crippen molar-refractivity contribution < 1.29 is 9.53 Å². The highest BCUT2D eigenvalue weighted by molar-refractivity contribution is 5.90. The standard InChI is InChI=1S/C25H25N5O2/c1-18(31)28-23-11-10-22(13-24(23)32-2)27-15-21-17-30(16-19-7-4-3-5-8-19)29-25(21)20-9-6-12-26-14-20/h3-14,17,27H,15-16H2,1-2H3,(H,28,31). The fourth-order valence-electron chi connectivity index (χ4n) is 3.48. The number of benzene rings is 2. The van der Waals surface area contributed by atoms with Crippen LogP contribution >= 0.6 is 0 Å². The SMILES string of the molecule is COc1cc(NCc2cn(Cc3ccccc3)nc2-c2cccnc2)ccc1NC(C)=O. The van der Waals surface area contributed by atoms with Crippen molar-refractivity contribution in [3.63, 3.8) is 0 Å². The van der Waals surface area contributed by atoms with Gasteiger partial charge in [-0.05, 0) is 29.8 Å². The van der Waals surface area contributed by atoms with Gasteiger partial charge in [-0.2, -0.15) is 5.10 Å². The number of aromatic nitrogens is 3. The third-order valence-corrected chi connectivity index (χ3v) is 4.96. The summed E-state index contributed by atoms with van der Waals surface area (Å²) in [5.74, 6) is 0.452. The van der Waals surface area contributed by atoms with Crippen molar-refractivity contribution in [2.75, 3.05) is 17.7 Å². The summed E-state index contributed by atoms with van der Waals surface area (Å²) in [6.45, 7) is 2.73. The molecule has 0 unspecified atom stereocenters. The second-order valence-corrected chi connectivity index (χ2v) is 7.38. The second kappa shape index (κ2) is 9.78. The van der Waals surface area contributed by atoms with Crippen LogP contribution in [0.15, 0.2) is 79.3 Å². The lowest BCUT2D eigenvalue weighted by molar-refractivity contribution is -0.114. The van der Waals surface area contributed by atoms with Crippen LogP contribution in [-0.4, -0.2) is 27.8 Å². The lowest BCUT2D eigenvalue weighted by Gasteiger charge is -2.12. The molecule has 4 aromatic rings. The van der Waals surface area contributed by atoms with E-state index >= 15 is 0 Å². The number of amides is 1. The Balaban J connectivity index is 1.57. The summed E-state index contributed by atoms with van der Waals surface area (Å²) in [5, 5.41) is 11.0. The minimum absolute atomic E-state index is 0.143. The molecule has 1 amide bonds. The van der Waals surface area contributed by atoms with Crippen LogP contribution in [0.2, 0.25) is 0 Å². The first-order valence-corrected chi connectivity index (χ1v) is 10.3. The zero-order chi connectivity index (χ0) is 22.3. The number of hydrogen-bond acceptors (Lipinski definition) is 5. The molecular weight excluding hydrogens is 402 g/mol. The van der Waals surface area contributed by atoms with E-state index in [0.717, 1.165) is 22.5 Å². The van der Waals surface area contributed by atoms with Crippen molar-refractivity contribution in [3.05, 3.63) is 90.4 Å². The van der Waals surface area contributed by atoms with Gasteiger partial charge in [0.2, 0.25) is 5.91 Å². The molecule has 2 N–H and O–H groups in total. The number of pyridine rings is 1. The van der Waals surface area contributed by atoms with Gasteiger partial charge in [0.25, 0.3) is 0 Å². The summed E-state index contributed by atoms with van der Waals surface area (Å²) in [4.78, 5) is 15.6. The van der Waals surface area contributed by atoms with Gasteiger partial charge in [-0.3, -0.25) is 14.5 Å². The first kappa shape index (κ1) is 21.1. The maximum Gasteiger partial charge on any atom is 0.221 e. The van der Waals surface area contributed by atoms with Gasteiger partial charge in [-0.25, -0.2) is 0 Å². The molecule has 0 aliphatic heterocycles. The molecule has 0 saturated heterocycles. The van der Waals surface area contributed by atoms with E-state index in [1.54, 1.807) is 13.3 Å². The Morgan fingerprint density at radius 3 is 2.66 bits per heavy atom. The molecule has 32 heavy (non-hydrogen) atoms. The van der Waals surface area contributed by atoms with E-state index in [4.69, 9.17) is 9.84 Å². The molecule has 162 valence electrons. The third kappa shape index (κ3) is 5.13. The molecule has 4 rings (SSSR count). The van der Waals surface area contributed by atoms with Crippen LogP contribution in [0.5, 0.6) is 5.75 Å². The van der Waals surface area contributed by atoms with Gasteiger partial charge in [-0.15, -0.1) is 0 Å². The summed E-state index contributed by atoms with van der Waals surface area (Å²) < 4.78 is 7.38. The smallest absolute Gasteiger partial charge is 0.221 e.